The van der Waals surface area contributed by atoms with Crippen LogP contribution >= 0.6 is 11.6 Å². The Balaban J connectivity index is 1.47. The van der Waals surface area contributed by atoms with E-state index >= 15 is 0 Å². The zero-order valence-corrected chi connectivity index (χ0v) is 15.6. The molecule has 1 aromatic heterocycles. The van der Waals surface area contributed by atoms with Crippen LogP contribution in [0.4, 0.5) is 0 Å². The molecule has 3 fully saturated rings. The maximum Gasteiger partial charge on any atom is 0.270 e. The number of rotatable bonds is 3. The molecule has 1 atom stereocenters. The maximum absolute atomic E-state index is 13.2. The Labute approximate surface area is 153 Å². The maximum atomic E-state index is 13.2. The van der Waals surface area contributed by atoms with Crippen molar-refractivity contribution in [3.63, 3.8) is 0 Å². The lowest BCUT2D eigenvalue weighted by atomic mass is 9.77. The lowest BCUT2D eigenvalue weighted by Crippen LogP contribution is -2.52. The van der Waals surface area contributed by atoms with Crippen molar-refractivity contribution >= 4 is 23.4 Å². The highest BCUT2D eigenvalue weighted by Gasteiger charge is 2.49. The lowest BCUT2D eigenvalue weighted by Gasteiger charge is -2.42. The molecule has 5 nitrogen and oxygen atoms in total. The molecule has 1 aliphatic carbocycles. The molecule has 2 aliphatic heterocycles. The third kappa shape index (κ3) is 2.97. The normalized spacial score (nSPS) is 27.2. The fraction of sp³-hybridized carbons (Fsp3) is 0.684. The average molecular weight is 364 g/mol. The number of hydrogen-bond donors (Lipinski definition) is 0. The first kappa shape index (κ1) is 17.0. The molecule has 4 rings (SSSR count). The molecule has 3 aliphatic rings. The molecular formula is C19H26ClN3O2. The van der Waals surface area contributed by atoms with Crippen LogP contribution in [0.1, 0.15) is 49.0 Å². The van der Waals surface area contributed by atoms with Crippen molar-refractivity contribution in [2.24, 2.45) is 18.4 Å². The van der Waals surface area contributed by atoms with Gasteiger partial charge in [-0.1, -0.05) is 18.0 Å². The van der Waals surface area contributed by atoms with Gasteiger partial charge in [0.05, 0.1) is 10.4 Å². The van der Waals surface area contributed by atoms with E-state index in [1.165, 1.54) is 19.3 Å². The number of halogens is 1. The van der Waals surface area contributed by atoms with Gasteiger partial charge in [0.15, 0.2) is 0 Å². The number of aromatic nitrogens is 1. The Kier molecular flexibility index (Phi) is 4.30. The number of carbonyl (C=O) groups is 2. The van der Waals surface area contributed by atoms with Crippen molar-refractivity contribution < 1.29 is 9.59 Å². The molecular weight excluding hydrogens is 338 g/mol. The zero-order valence-electron chi connectivity index (χ0n) is 14.8. The molecule has 2 saturated heterocycles. The summed E-state index contributed by atoms with van der Waals surface area (Å²) in [6, 6.07) is 1.71. The fourth-order valence-electron chi connectivity index (χ4n) is 4.64. The molecule has 1 spiro atoms. The summed E-state index contributed by atoms with van der Waals surface area (Å²) in [5.41, 5.74) is 0.240. The molecule has 0 bridgehead atoms. The Morgan fingerprint density at radius 1 is 1.28 bits per heavy atom. The van der Waals surface area contributed by atoms with Gasteiger partial charge in [0.1, 0.15) is 5.69 Å². The number of hydrogen-bond acceptors (Lipinski definition) is 2. The van der Waals surface area contributed by atoms with Crippen molar-refractivity contribution in [1.29, 1.82) is 0 Å². The van der Waals surface area contributed by atoms with Crippen LogP contribution in [0.3, 0.4) is 0 Å². The summed E-state index contributed by atoms with van der Waals surface area (Å²) in [6.45, 7) is 3.01. The summed E-state index contributed by atoms with van der Waals surface area (Å²) in [5.74, 6) is 0.963. The van der Waals surface area contributed by atoms with Gasteiger partial charge in [0.25, 0.3) is 5.91 Å². The van der Waals surface area contributed by atoms with Gasteiger partial charge >= 0.3 is 0 Å². The predicted octanol–water partition coefficient (Wildman–Crippen LogP) is 2.93. The Morgan fingerprint density at radius 3 is 2.72 bits per heavy atom. The molecule has 0 aromatic carbocycles. The van der Waals surface area contributed by atoms with Crippen molar-refractivity contribution in [3.05, 3.63) is 23.0 Å². The van der Waals surface area contributed by atoms with Crippen LogP contribution in [0.15, 0.2) is 12.3 Å². The summed E-state index contributed by atoms with van der Waals surface area (Å²) in [6.07, 6.45) is 8.31. The smallest absolute Gasteiger partial charge is 0.270 e. The van der Waals surface area contributed by atoms with Gasteiger partial charge in [0, 0.05) is 39.4 Å². The van der Waals surface area contributed by atoms with E-state index in [0.717, 1.165) is 32.4 Å². The predicted molar refractivity (Wildman–Crippen MR) is 96.5 cm³/mol. The highest BCUT2D eigenvalue weighted by Crippen LogP contribution is 2.41. The van der Waals surface area contributed by atoms with E-state index in [0.29, 0.717) is 29.7 Å². The first-order chi connectivity index (χ1) is 12.0. The van der Waals surface area contributed by atoms with Crippen molar-refractivity contribution in [3.8, 4) is 0 Å². The molecule has 1 saturated carbocycles. The molecule has 25 heavy (non-hydrogen) atoms. The van der Waals surface area contributed by atoms with Crippen LogP contribution in [0.2, 0.25) is 5.02 Å². The van der Waals surface area contributed by atoms with Crippen molar-refractivity contribution in [1.82, 2.24) is 14.4 Å². The SMILES string of the molecule is Cn1cc(Cl)cc1C(=O)N1CC[C@]2(CCCN(CC3CCC3)C2=O)C1. The quantitative estimate of drug-likeness (QED) is 0.828. The van der Waals surface area contributed by atoms with Gasteiger partial charge < -0.3 is 14.4 Å². The van der Waals surface area contributed by atoms with Crippen LogP contribution in [-0.2, 0) is 11.8 Å². The first-order valence-electron chi connectivity index (χ1n) is 9.39. The van der Waals surface area contributed by atoms with Crippen LogP contribution in [0, 0.1) is 11.3 Å². The highest BCUT2D eigenvalue weighted by atomic mass is 35.5. The number of piperidine rings is 1. The van der Waals surface area contributed by atoms with Crippen molar-refractivity contribution in [2.75, 3.05) is 26.2 Å². The molecule has 136 valence electrons. The Hall–Kier alpha value is -1.49. The fourth-order valence-corrected chi connectivity index (χ4v) is 4.89. The molecule has 0 unspecified atom stereocenters. The molecule has 1 aromatic rings. The summed E-state index contributed by atoms with van der Waals surface area (Å²) >= 11 is 6.02. The summed E-state index contributed by atoms with van der Waals surface area (Å²) < 4.78 is 1.77. The lowest BCUT2D eigenvalue weighted by molar-refractivity contribution is -0.146. The minimum absolute atomic E-state index is 0.0183. The van der Waals surface area contributed by atoms with E-state index in [1.807, 2.05) is 11.9 Å². The van der Waals surface area contributed by atoms with Gasteiger partial charge in [-0.3, -0.25) is 9.59 Å². The third-order valence-electron chi connectivity index (χ3n) is 6.36. The number of amides is 2. The van der Waals surface area contributed by atoms with Crippen LogP contribution in [0.5, 0.6) is 0 Å². The summed E-state index contributed by atoms with van der Waals surface area (Å²) in [5, 5.41) is 0.570. The van der Waals surface area contributed by atoms with Gasteiger partial charge in [0.2, 0.25) is 5.91 Å². The van der Waals surface area contributed by atoms with Gasteiger partial charge in [-0.15, -0.1) is 0 Å². The van der Waals surface area contributed by atoms with Gasteiger partial charge in [-0.05, 0) is 44.1 Å². The monoisotopic (exact) mass is 363 g/mol. The zero-order chi connectivity index (χ0) is 17.6. The Bertz CT molecular complexity index is 697. The molecule has 6 heteroatoms. The third-order valence-corrected chi connectivity index (χ3v) is 6.57. The van der Waals surface area contributed by atoms with E-state index in [9.17, 15) is 9.59 Å². The number of carbonyl (C=O) groups excluding carboxylic acids is 2. The molecule has 0 N–H and O–H groups in total. The summed E-state index contributed by atoms with van der Waals surface area (Å²) in [7, 11) is 1.83. The van der Waals surface area contributed by atoms with Gasteiger partial charge in [-0.2, -0.15) is 0 Å². The highest BCUT2D eigenvalue weighted by molar-refractivity contribution is 6.31. The molecule has 0 radical (unpaired) electrons. The first-order valence-corrected chi connectivity index (χ1v) is 9.77. The van der Waals surface area contributed by atoms with Crippen LogP contribution in [0.25, 0.3) is 0 Å². The van der Waals surface area contributed by atoms with E-state index < -0.39 is 0 Å². The standard InChI is InChI=1S/C19H26ClN3O2/c1-21-12-15(20)10-16(21)17(24)23-9-7-19(13-23)6-3-8-22(18(19)25)11-14-4-2-5-14/h10,12,14H,2-9,11,13H2,1H3/t19-/m1/s1. The second-order valence-corrected chi connectivity index (χ2v) is 8.50. The van der Waals surface area contributed by atoms with Gasteiger partial charge in [-0.25, -0.2) is 0 Å². The minimum atomic E-state index is -0.355. The minimum Gasteiger partial charge on any atom is -0.345 e. The van der Waals surface area contributed by atoms with Crippen LogP contribution in [-0.4, -0.2) is 52.4 Å². The molecule has 3 heterocycles. The second-order valence-electron chi connectivity index (χ2n) is 8.06. The average Bonchev–Trinajstić information content (AvgIpc) is 3.11. The second kappa shape index (κ2) is 6.35. The van der Waals surface area contributed by atoms with E-state index in [1.54, 1.807) is 16.8 Å². The van der Waals surface area contributed by atoms with Crippen molar-refractivity contribution in [2.45, 2.75) is 38.5 Å². The van der Waals surface area contributed by atoms with E-state index in [2.05, 4.69) is 4.90 Å². The summed E-state index contributed by atoms with van der Waals surface area (Å²) in [4.78, 5) is 29.9. The van der Waals surface area contributed by atoms with E-state index in [4.69, 9.17) is 11.6 Å². The molecule has 2 amide bonds. The largest absolute Gasteiger partial charge is 0.345 e. The number of aryl methyl sites for hydroxylation is 1. The van der Waals surface area contributed by atoms with E-state index in [-0.39, 0.29) is 17.2 Å². The number of likely N-dealkylation sites (tertiary alicyclic amines) is 2. The Morgan fingerprint density at radius 2 is 2.08 bits per heavy atom. The number of nitrogens with zero attached hydrogens (tertiary/aromatic N) is 3. The van der Waals surface area contributed by atoms with Crippen LogP contribution < -0.4 is 0 Å². The topological polar surface area (TPSA) is 45.6 Å².